The van der Waals surface area contributed by atoms with Crippen LogP contribution in [-0.4, -0.2) is 16.6 Å². The Hall–Kier alpha value is -2.09. The van der Waals surface area contributed by atoms with Gasteiger partial charge >= 0.3 is 0 Å². The molecule has 96 valence electrons. The van der Waals surface area contributed by atoms with Gasteiger partial charge in [-0.1, -0.05) is 41.9 Å². The van der Waals surface area contributed by atoms with Crippen LogP contribution in [-0.2, 0) is 0 Å². The molecular formula is C14H12ClN3O. The van der Waals surface area contributed by atoms with E-state index in [0.717, 1.165) is 5.56 Å². The van der Waals surface area contributed by atoms with Gasteiger partial charge in [0, 0.05) is 12.7 Å². The molecule has 2 rings (SSSR count). The van der Waals surface area contributed by atoms with Crippen molar-refractivity contribution in [3.05, 3.63) is 58.7 Å². The van der Waals surface area contributed by atoms with Crippen LogP contribution in [0.1, 0.15) is 17.2 Å². The average molecular weight is 274 g/mol. The highest BCUT2D eigenvalue weighted by molar-refractivity contribution is 6.33. The van der Waals surface area contributed by atoms with Crippen LogP contribution in [0.15, 0.2) is 42.6 Å². The summed E-state index contributed by atoms with van der Waals surface area (Å²) in [7, 11) is 0. The summed E-state index contributed by atoms with van der Waals surface area (Å²) in [6.07, 6.45) is 0.790. The Morgan fingerprint density at radius 2 is 2.11 bits per heavy atom. The molecule has 2 aromatic rings. The number of benzene rings is 1. The first-order valence-electron chi connectivity index (χ1n) is 5.73. The summed E-state index contributed by atoms with van der Waals surface area (Å²) in [4.78, 5) is 4.04. The molecule has 1 atom stereocenters. The minimum absolute atomic E-state index is 0.294. The van der Waals surface area contributed by atoms with Crippen molar-refractivity contribution in [3.63, 3.8) is 0 Å². The number of pyridine rings is 1. The van der Waals surface area contributed by atoms with Gasteiger partial charge in [0.1, 0.15) is 11.9 Å². The maximum atomic E-state index is 9.99. The van der Waals surface area contributed by atoms with Crippen molar-refractivity contribution in [2.45, 2.75) is 6.10 Å². The quantitative estimate of drug-likeness (QED) is 0.899. The third kappa shape index (κ3) is 3.44. The molecule has 5 heteroatoms. The highest BCUT2D eigenvalue weighted by atomic mass is 35.5. The largest absolute Gasteiger partial charge is 0.387 e. The summed E-state index contributed by atoms with van der Waals surface area (Å²) < 4.78 is 0. The van der Waals surface area contributed by atoms with Crippen LogP contribution >= 0.6 is 11.6 Å². The van der Waals surface area contributed by atoms with Crippen molar-refractivity contribution in [2.24, 2.45) is 0 Å². The molecule has 0 radical (unpaired) electrons. The molecular weight excluding hydrogens is 262 g/mol. The number of hydrogen-bond donors (Lipinski definition) is 2. The van der Waals surface area contributed by atoms with Gasteiger partial charge in [-0.25, -0.2) is 4.98 Å². The van der Waals surface area contributed by atoms with E-state index >= 15 is 0 Å². The van der Waals surface area contributed by atoms with Gasteiger partial charge in [-0.15, -0.1) is 0 Å². The molecule has 0 saturated carbocycles. The van der Waals surface area contributed by atoms with Crippen molar-refractivity contribution in [2.75, 3.05) is 11.9 Å². The van der Waals surface area contributed by atoms with Crippen LogP contribution in [0.4, 0.5) is 5.82 Å². The molecule has 1 heterocycles. The summed E-state index contributed by atoms with van der Waals surface area (Å²) in [5.41, 5.74) is 1.22. The molecule has 0 aliphatic carbocycles. The molecule has 0 bridgehead atoms. The average Bonchev–Trinajstić information content (AvgIpc) is 2.46. The van der Waals surface area contributed by atoms with E-state index in [1.807, 2.05) is 36.4 Å². The van der Waals surface area contributed by atoms with E-state index in [1.165, 1.54) is 12.3 Å². The second-order valence-corrected chi connectivity index (χ2v) is 4.38. The molecule has 19 heavy (non-hydrogen) atoms. The van der Waals surface area contributed by atoms with E-state index in [0.29, 0.717) is 22.9 Å². The molecule has 0 fully saturated rings. The van der Waals surface area contributed by atoms with Crippen molar-refractivity contribution in [1.29, 1.82) is 5.26 Å². The zero-order chi connectivity index (χ0) is 13.7. The van der Waals surface area contributed by atoms with Gasteiger partial charge in [0.05, 0.1) is 16.7 Å². The van der Waals surface area contributed by atoms with E-state index in [-0.39, 0.29) is 0 Å². The maximum Gasteiger partial charge on any atom is 0.144 e. The number of halogens is 1. The molecule has 0 aliphatic heterocycles. The van der Waals surface area contributed by atoms with Gasteiger partial charge in [0.15, 0.2) is 0 Å². The number of aliphatic hydroxyl groups is 1. The topological polar surface area (TPSA) is 68.9 Å². The van der Waals surface area contributed by atoms with Gasteiger partial charge in [-0.05, 0) is 11.6 Å². The summed E-state index contributed by atoms with van der Waals surface area (Å²) in [5.74, 6) is 0.454. The van der Waals surface area contributed by atoms with Gasteiger partial charge in [0.25, 0.3) is 0 Å². The summed E-state index contributed by atoms with van der Waals surface area (Å²) >= 11 is 5.98. The second kappa shape index (κ2) is 6.19. The number of aliphatic hydroxyl groups excluding tert-OH is 1. The summed E-state index contributed by atoms with van der Waals surface area (Å²) in [6.45, 7) is 0.294. The van der Waals surface area contributed by atoms with Gasteiger partial charge in [-0.3, -0.25) is 0 Å². The predicted octanol–water partition coefficient (Wildman–Crippen LogP) is 2.75. The monoisotopic (exact) mass is 273 g/mol. The lowest BCUT2D eigenvalue weighted by Crippen LogP contribution is -2.13. The number of aromatic nitrogens is 1. The summed E-state index contributed by atoms with van der Waals surface area (Å²) in [5, 5.41) is 22.0. The van der Waals surface area contributed by atoms with Crippen LogP contribution in [0, 0.1) is 11.3 Å². The van der Waals surface area contributed by atoms with Gasteiger partial charge < -0.3 is 10.4 Å². The first-order chi connectivity index (χ1) is 9.20. The normalized spacial score (nSPS) is 11.6. The minimum Gasteiger partial charge on any atom is -0.387 e. The fraction of sp³-hybridized carbons (Fsp3) is 0.143. The van der Waals surface area contributed by atoms with Crippen molar-refractivity contribution in [1.82, 2.24) is 4.98 Å². The molecule has 0 unspecified atom stereocenters. The first kappa shape index (κ1) is 13.3. The number of nitrogens with one attached hydrogen (secondary N) is 1. The first-order valence-corrected chi connectivity index (χ1v) is 6.11. The van der Waals surface area contributed by atoms with Crippen molar-refractivity contribution in [3.8, 4) is 6.07 Å². The lowest BCUT2D eigenvalue weighted by Gasteiger charge is -2.13. The van der Waals surface area contributed by atoms with E-state index in [9.17, 15) is 5.11 Å². The fourth-order valence-corrected chi connectivity index (χ4v) is 1.85. The van der Waals surface area contributed by atoms with Crippen LogP contribution in [0.5, 0.6) is 0 Å². The van der Waals surface area contributed by atoms with Gasteiger partial charge in [0.2, 0.25) is 0 Å². The van der Waals surface area contributed by atoms with E-state index in [1.54, 1.807) is 0 Å². The Morgan fingerprint density at radius 3 is 2.74 bits per heavy atom. The highest BCUT2D eigenvalue weighted by Gasteiger charge is 2.09. The van der Waals surface area contributed by atoms with Crippen molar-refractivity contribution < 1.29 is 5.11 Å². The zero-order valence-electron chi connectivity index (χ0n) is 10.0. The van der Waals surface area contributed by atoms with Gasteiger partial charge in [-0.2, -0.15) is 5.26 Å². The summed E-state index contributed by atoms with van der Waals surface area (Å²) in [6, 6.07) is 12.8. The Balaban J connectivity index is 2.01. The van der Waals surface area contributed by atoms with Crippen LogP contribution < -0.4 is 5.32 Å². The molecule has 0 spiro atoms. The molecule has 1 aromatic heterocycles. The Morgan fingerprint density at radius 1 is 1.37 bits per heavy atom. The third-order valence-electron chi connectivity index (χ3n) is 2.62. The number of rotatable bonds is 4. The minimum atomic E-state index is -0.644. The molecule has 0 saturated heterocycles. The lowest BCUT2D eigenvalue weighted by molar-refractivity contribution is 0.191. The van der Waals surface area contributed by atoms with E-state index in [4.69, 9.17) is 16.9 Å². The molecule has 4 nitrogen and oxygen atoms in total. The van der Waals surface area contributed by atoms with Crippen LogP contribution in [0.2, 0.25) is 5.02 Å². The number of nitrogens with zero attached hydrogens (tertiary/aromatic N) is 2. The Labute approximate surface area is 116 Å². The van der Waals surface area contributed by atoms with Crippen LogP contribution in [0.25, 0.3) is 0 Å². The molecule has 0 amide bonds. The highest BCUT2D eigenvalue weighted by Crippen LogP contribution is 2.21. The zero-order valence-corrected chi connectivity index (χ0v) is 10.8. The molecule has 1 aromatic carbocycles. The smallest absolute Gasteiger partial charge is 0.144 e. The third-order valence-corrected chi connectivity index (χ3v) is 2.91. The second-order valence-electron chi connectivity index (χ2n) is 3.97. The van der Waals surface area contributed by atoms with Crippen LogP contribution in [0.3, 0.4) is 0 Å². The Bertz CT molecular complexity index is 595. The number of anilines is 1. The number of nitriles is 1. The van der Waals surface area contributed by atoms with E-state index < -0.39 is 6.10 Å². The lowest BCUT2D eigenvalue weighted by atomic mass is 10.1. The fourth-order valence-electron chi connectivity index (χ4n) is 1.62. The molecule has 2 N–H and O–H groups in total. The predicted molar refractivity (Wildman–Crippen MR) is 73.9 cm³/mol. The standard InChI is InChI=1S/C14H12ClN3O/c15-12-6-10(7-16)8-17-14(12)18-9-13(19)11-4-2-1-3-5-11/h1-6,8,13,19H,9H2,(H,17,18)/t13-/m0/s1. The maximum absolute atomic E-state index is 9.99. The number of hydrogen-bond acceptors (Lipinski definition) is 4. The molecule has 0 aliphatic rings. The SMILES string of the molecule is N#Cc1cnc(NC[C@H](O)c2ccccc2)c(Cl)c1. The Kier molecular flexibility index (Phi) is 4.35. The van der Waals surface area contributed by atoms with E-state index in [2.05, 4.69) is 10.3 Å². The van der Waals surface area contributed by atoms with Crippen molar-refractivity contribution >= 4 is 17.4 Å².